The maximum Gasteiger partial charge on any atom is 0.308 e. The molecule has 0 rings (SSSR count). The van der Waals surface area contributed by atoms with Gasteiger partial charge in [-0.15, -0.1) is 0 Å². The lowest BCUT2D eigenvalue weighted by Crippen LogP contribution is -2.24. The van der Waals surface area contributed by atoms with E-state index >= 15 is 0 Å². The number of hydrogen-bond donors (Lipinski definition) is 2. The molecule has 4 nitrogen and oxygen atoms in total. The summed E-state index contributed by atoms with van der Waals surface area (Å²) in [6, 6.07) is 0. The highest BCUT2D eigenvalue weighted by Crippen LogP contribution is 2.09. The number of aliphatic hydroxyl groups is 2. The number of aliphatic hydroxyl groups excluding tert-OH is 2. The van der Waals surface area contributed by atoms with Crippen LogP contribution >= 0.6 is 0 Å². The zero-order valence-electron chi connectivity index (χ0n) is 8.90. The van der Waals surface area contributed by atoms with Gasteiger partial charge in [-0.05, 0) is 6.42 Å². The minimum atomic E-state index is -0.961. The third-order valence-corrected chi connectivity index (χ3v) is 2.02. The molecule has 0 saturated heterocycles. The van der Waals surface area contributed by atoms with Gasteiger partial charge in [-0.25, -0.2) is 0 Å². The summed E-state index contributed by atoms with van der Waals surface area (Å²) < 4.78 is 4.80. The Morgan fingerprint density at radius 1 is 1.50 bits per heavy atom. The third kappa shape index (κ3) is 5.94. The zero-order chi connectivity index (χ0) is 11.0. The fourth-order valence-electron chi connectivity index (χ4n) is 1.00. The number of unbranched alkanes of at least 4 members (excludes halogenated alkanes) is 1. The number of carbonyl (C=O) groups is 1. The van der Waals surface area contributed by atoms with E-state index in [1.165, 1.54) is 0 Å². The number of esters is 1. The van der Waals surface area contributed by atoms with Gasteiger partial charge in [0.05, 0.1) is 12.5 Å². The van der Waals surface area contributed by atoms with Gasteiger partial charge in [0, 0.05) is 0 Å². The first-order valence-electron chi connectivity index (χ1n) is 5.07. The van der Waals surface area contributed by atoms with Crippen LogP contribution in [-0.2, 0) is 9.53 Å². The molecule has 2 N–H and O–H groups in total. The van der Waals surface area contributed by atoms with Crippen LogP contribution in [0.3, 0.4) is 0 Å². The molecule has 0 aliphatic carbocycles. The highest BCUT2D eigenvalue weighted by Gasteiger charge is 2.15. The van der Waals surface area contributed by atoms with E-state index in [1.807, 2.05) is 6.92 Å². The lowest BCUT2D eigenvalue weighted by molar-refractivity contribution is -0.151. The molecule has 0 heterocycles. The number of carbonyl (C=O) groups excluding carboxylic acids is 1. The SMILES string of the molecule is CCCCC(C)C(=O)OCC(O)CO. The van der Waals surface area contributed by atoms with Crippen molar-refractivity contribution < 1.29 is 19.7 Å². The molecule has 14 heavy (non-hydrogen) atoms. The highest BCUT2D eigenvalue weighted by molar-refractivity contribution is 5.71. The van der Waals surface area contributed by atoms with Crippen molar-refractivity contribution in [3.05, 3.63) is 0 Å². The Kier molecular flexibility index (Phi) is 7.42. The first-order valence-corrected chi connectivity index (χ1v) is 5.07. The maximum absolute atomic E-state index is 11.3. The van der Waals surface area contributed by atoms with Crippen LogP contribution in [0.15, 0.2) is 0 Å². The molecule has 0 aliphatic rings. The molecule has 0 fully saturated rings. The van der Waals surface area contributed by atoms with Gasteiger partial charge >= 0.3 is 5.97 Å². The summed E-state index contributed by atoms with van der Waals surface area (Å²) in [5.74, 6) is -0.424. The van der Waals surface area contributed by atoms with Gasteiger partial charge in [0.15, 0.2) is 0 Å². The first kappa shape index (κ1) is 13.4. The van der Waals surface area contributed by atoms with Gasteiger partial charge in [-0.3, -0.25) is 4.79 Å². The fourth-order valence-corrected chi connectivity index (χ4v) is 1.00. The second kappa shape index (κ2) is 7.76. The molecule has 0 amide bonds. The summed E-state index contributed by atoms with van der Waals surface area (Å²) in [7, 11) is 0. The number of rotatable bonds is 7. The van der Waals surface area contributed by atoms with E-state index in [0.29, 0.717) is 0 Å². The fraction of sp³-hybridized carbons (Fsp3) is 0.900. The Morgan fingerprint density at radius 2 is 2.14 bits per heavy atom. The van der Waals surface area contributed by atoms with Crippen molar-refractivity contribution in [3.63, 3.8) is 0 Å². The molecular weight excluding hydrogens is 184 g/mol. The minimum absolute atomic E-state index is 0.119. The molecule has 0 aromatic heterocycles. The van der Waals surface area contributed by atoms with Crippen molar-refractivity contribution in [2.75, 3.05) is 13.2 Å². The van der Waals surface area contributed by atoms with E-state index in [1.54, 1.807) is 0 Å². The summed E-state index contributed by atoms with van der Waals surface area (Å²) in [6.45, 7) is 3.37. The number of hydrogen-bond acceptors (Lipinski definition) is 4. The predicted octanol–water partition coefficient (Wildman–Crippen LogP) is 0.709. The van der Waals surface area contributed by atoms with E-state index < -0.39 is 6.10 Å². The molecule has 0 aromatic carbocycles. The summed E-state index contributed by atoms with van der Waals surface area (Å²) >= 11 is 0. The van der Waals surface area contributed by atoms with Gasteiger partial charge in [0.25, 0.3) is 0 Å². The van der Waals surface area contributed by atoms with Crippen LogP contribution in [0.2, 0.25) is 0 Å². The van der Waals surface area contributed by atoms with E-state index in [-0.39, 0.29) is 25.1 Å². The van der Waals surface area contributed by atoms with Crippen LogP contribution in [0.1, 0.15) is 33.1 Å². The van der Waals surface area contributed by atoms with Crippen LogP contribution < -0.4 is 0 Å². The molecule has 0 aliphatic heterocycles. The largest absolute Gasteiger partial charge is 0.463 e. The molecule has 0 saturated carbocycles. The van der Waals surface area contributed by atoms with Crippen molar-refractivity contribution in [1.29, 1.82) is 0 Å². The monoisotopic (exact) mass is 204 g/mol. The Bertz CT molecular complexity index is 158. The molecule has 2 unspecified atom stereocenters. The third-order valence-electron chi connectivity index (χ3n) is 2.02. The highest BCUT2D eigenvalue weighted by atomic mass is 16.5. The average Bonchev–Trinajstić information content (AvgIpc) is 2.21. The van der Waals surface area contributed by atoms with Crippen molar-refractivity contribution in [3.8, 4) is 0 Å². The van der Waals surface area contributed by atoms with Crippen molar-refractivity contribution in [2.24, 2.45) is 5.92 Å². The molecule has 84 valence electrons. The normalized spacial score (nSPS) is 14.9. The molecule has 0 bridgehead atoms. The van der Waals surface area contributed by atoms with Crippen LogP contribution in [0.5, 0.6) is 0 Å². The topological polar surface area (TPSA) is 66.8 Å². The van der Waals surface area contributed by atoms with Gasteiger partial charge < -0.3 is 14.9 Å². The molecule has 4 heteroatoms. The lowest BCUT2D eigenvalue weighted by Gasteiger charge is -2.12. The van der Waals surface area contributed by atoms with Crippen LogP contribution in [-0.4, -0.2) is 35.5 Å². The maximum atomic E-state index is 11.3. The summed E-state index contributed by atoms with van der Waals surface area (Å²) in [6.07, 6.45) is 1.90. The quantitative estimate of drug-likeness (QED) is 0.599. The van der Waals surface area contributed by atoms with Crippen molar-refractivity contribution >= 4 is 5.97 Å². The summed E-state index contributed by atoms with van der Waals surface area (Å²) in [4.78, 5) is 11.3. The van der Waals surface area contributed by atoms with Crippen molar-refractivity contribution in [1.82, 2.24) is 0 Å². The molecule has 2 atom stereocenters. The smallest absolute Gasteiger partial charge is 0.308 e. The van der Waals surface area contributed by atoms with Crippen LogP contribution in [0, 0.1) is 5.92 Å². The molecule has 0 aromatic rings. The van der Waals surface area contributed by atoms with E-state index in [0.717, 1.165) is 19.3 Å². The Labute approximate surface area is 84.9 Å². The average molecular weight is 204 g/mol. The summed E-state index contributed by atoms with van der Waals surface area (Å²) in [5, 5.41) is 17.4. The van der Waals surface area contributed by atoms with E-state index in [9.17, 15) is 4.79 Å². The lowest BCUT2D eigenvalue weighted by atomic mass is 10.1. The van der Waals surface area contributed by atoms with Gasteiger partial charge in [0.2, 0.25) is 0 Å². The molecule has 0 spiro atoms. The van der Waals surface area contributed by atoms with Crippen LogP contribution in [0.25, 0.3) is 0 Å². The van der Waals surface area contributed by atoms with Gasteiger partial charge in [0.1, 0.15) is 12.7 Å². The van der Waals surface area contributed by atoms with Crippen LogP contribution in [0.4, 0.5) is 0 Å². The van der Waals surface area contributed by atoms with Gasteiger partial charge in [-0.2, -0.15) is 0 Å². The standard InChI is InChI=1S/C10H20O4/c1-3-4-5-8(2)10(13)14-7-9(12)6-11/h8-9,11-12H,3-7H2,1-2H3. The first-order chi connectivity index (χ1) is 6.61. The Hall–Kier alpha value is -0.610. The Morgan fingerprint density at radius 3 is 2.64 bits per heavy atom. The number of ether oxygens (including phenoxy) is 1. The minimum Gasteiger partial charge on any atom is -0.463 e. The predicted molar refractivity (Wildman–Crippen MR) is 52.7 cm³/mol. The zero-order valence-corrected chi connectivity index (χ0v) is 8.90. The molecule has 0 radical (unpaired) electrons. The van der Waals surface area contributed by atoms with E-state index in [2.05, 4.69) is 6.92 Å². The second-order valence-electron chi connectivity index (χ2n) is 3.51. The van der Waals surface area contributed by atoms with Gasteiger partial charge in [-0.1, -0.05) is 26.7 Å². The molecular formula is C10H20O4. The van der Waals surface area contributed by atoms with Crippen molar-refractivity contribution in [2.45, 2.75) is 39.2 Å². The van der Waals surface area contributed by atoms with E-state index in [4.69, 9.17) is 14.9 Å². The Balaban J connectivity index is 3.61. The second-order valence-corrected chi connectivity index (χ2v) is 3.51. The summed E-state index contributed by atoms with van der Waals surface area (Å²) in [5.41, 5.74) is 0.